The summed E-state index contributed by atoms with van der Waals surface area (Å²) in [5.74, 6) is 1.82. The van der Waals surface area contributed by atoms with E-state index in [-0.39, 0.29) is 6.04 Å². The number of rotatable bonds is 0. The van der Waals surface area contributed by atoms with E-state index < -0.39 is 0 Å². The van der Waals surface area contributed by atoms with Crippen molar-refractivity contribution >= 4 is 0 Å². The lowest BCUT2D eigenvalue weighted by Crippen LogP contribution is -2.11. The van der Waals surface area contributed by atoms with Gasteiger partial charge in [0.25, 0.3) is 0 Å². The lowest BCUT2D eigenvalue weighted by Gasteiger charge is -2.19. The maximum Gasteiger partial charge on any atom is 0.166 e. The minimum atomic E-state index is 0.0147. The Morgan fingerprint density at radius 1 is 1.21 bits per heavy atom. The third-order valence-electron chi connectivity index (χ3n) is 2.87. The van der Waals surface area contributed by atoms with Crippen molar-refractivity contribution in [3.63, 3.8) is 0 Å². The van der Waals surface area contributed by atoms with Crippen LogP contribution in [0.15, 0.2) is 12.1 Å². The van der Waals surface area contributed by atoms with E-state index in [0.29, 0.717) is 6.61 Å². The van der Waals surface area contributed by atoms with Crippen molar-refractivity contribution in [2.45, 2.75) is 18.9 Å². The molecule has 0 unspecified atom stereocenters. The van der Waals surface area contributed by atoms with E-state index in [9.17, 15) is 0 Å². The second-order valence-electron chi connectivity index (χ2n) is 3.84. The van der Waals surface area contributed by atoms with Gasteiger partial charge in [0.15, 0.2) is 11.5 Å². The van der Waals surface area contributed by atoms with E-state index in [4.69, 9.17) is 15.2 Å². The largest absolute Gasteiger partial charge is 0.489 e. The molecule has 2 aliphatic rings. The van der Waals surface area contributed by atoms with Crippen molar-refractivity contribution < 1.29 is 9.47 Å². The van der Waals surface area contributed by atoms with Crippen LogP contribution in [0.1, 0.15) is 23.6 Å². The number of ether oxygens (including phenoxy) is 2. The van der Waals surface area contributed by atoms with Gasteiger partial charge in [-0.05, 0) is 18.4 Å². The van der Waals surface area contributed by atoms with Crippen LogP contribution >= 0.6 is 0 Å². The molecule has 0 saturated carbocycles. The molecular weight excluding hydrogens is 178 g/mol. The molecule has 1 aromatic rings. The maximum absolute atomic E-state index is 5.90. The summed E-state index contributed by atoms with van der Waals surface area (Å²) in [6.45, 7) is 1.37. The number of nitrogens with two attached hydrogens (primary N) is 1. The third kappa shape index (κ3) is 1.02. The summed E-state index contributed by atoms with van der Waals surface area (Å²) >= 11 is 0. The molecular formula is C11H13NO2. The second-order valence-corrected chi connectivity index (χ2v) is 3.84. The molecule has 0 spiro atoms. The van der Waals surface area contributed by atoms with Crippen LogP contribution in [0.4, 0.5) is 0 Å². The lowest BCUT2D eigenvalue weighted by atomic mass is 10.0. The van der Waals surface area contributed by atoms with Crippen LogP contribution in [0, 0.1) is 0 Å². The molecule has 0 bridgehead atoms. The molecule has 1 aromatic carbocycles. The Bertz CT molecular complexity index is 376. The summed E-state index contributed by atoms with van der Waals surface area (Å²) in [6.07, 6.45) is 2.18. The molecule has 3 rings (SSSR count). The van der Waals surface area contributed by atoms with E-state index in [2.05, 4.69) is 12.1 Å². The predicted octanol–water partition coefficient (Wildman–Crippen LogP) is 1.40. The Labute approximate surface area is 82.8 Å². The quantitative estimate of drug-likeness (QED) is 0.674. The number of hydrogen-bond acceptors (Lipinski definition) is 3. The van der Waals surface area contributed by atoms with Crippen LogP contribution in [0.25, 0.3) is 0 Å². The number of fused-ring (bicyclic) bond motifs is 3. The van der Waals surface area contributed by atoms with Gasteiger partial charge >= 0.3 is 0 Å². The van der Waals surface area contributed by atoms with Crippen molar-refractivity contribution in [1.82, 2.24) is 0 Å². The molecule has 3 heteroatoms. The molecule has 0 saturated heterocycles. The Morgan fingerprint density at radius 3 is 3.07 bits per heavy atom. The smallest absolute Gasteiger partial charge is 0.166 e. The fourth-order valence-corrected chi connectivity index (χ4v) is 2.11. The van der Waals surface area contributed by atoms with Gasteiger partial charge < -0.3 is 15.2 Å². The lowest BCUT2D eigenvalue weighted by molar-refractivity contribution is 0.260. The highest BCUT2D eigenvalue weighted by atomic mass is 16.5. The molecule has 2 heterocycles. The van der Waals surface area contributed by atoms with E-state index in [0.717, 1.165) is 36.5 Å². The summed E-state index contributed by atoms with van der Waals surface area (Å²) in [5, 5.41) is 0. The van der Waals surface area contributed by atoms with Gasteiger partial charge in [0, 0.05) is 5.56 Å². The van der Waals surface area contributed by atoms with Crippen molar-refractivity contribution in [2.75, 3.05) is 13.2 Å². The van der Waals surface area contributed by atoms with Crippen LogP contribution in [-0.4, -0.2) is 13.2 Å². The van der Waals surface area contributed by atoms with E-state index >= 15 is 0 Å². The maximum atomic E-state index is 5.90. The van der Waals surface area contributed by atoms with E-state index in [1.165, 1.54) is 5.56 Å². The number of benzene rings is 1. The first kappa shape index (κ1) is 8.12. The van der Waals surface area contributed by atoms with Gasteiger partial charge in [-0.25, -0.2) is 0 Å². The molecule has 0 fully saturated rings. The normalized spacial score (nSPS) is 23.4. The van der Waals surface area contributed by atoms with Crippen LogP contribution in [0.2, 0.25) is 0 Å². The fourth-order valence-electron chi connectivity index (χ4n) is 2.11. The molecule has 0 aromatic heterocycles. The topological polar surface area (TPSA) is 44.5 Å². The summed E-state index contributed by atoms with van der Waals surface area (Å²) < 4.78 is 11.2. The molecule has 2 aliphatic heterocycles. The zero-order chi connectivity index (χ0) is 9.54. The van der Waals surface area contributed by atoms with Crippen LogP contribution in [0.5, 0.6) is 11.5 Å². The minimum absolute atomic E-state index is 0.0147. The van der Waals surface area contributed by atoms with Gasteiger partial charge in [0.2, 0.25) is 0 Å². The van der Waals surface area contributed by atoms with Gasteiger partial charge in [-0.15, -0.1) is 0 Å². The Balaban J connectivity index is 2.15. The summed E-state index contributed by atoms with van der Waals surface area (Å²) in [5.41, 5.74) is 8.24. The second kappa shape index (κ2) is 2.89. The summed E-state index contributed by atoms with van der Waals surface area (Å²) in [6, 6.07) is 4.20. The highest BCUT2D eigenvalue weighted by Gasteiger charge is 2.27. The van der Waals surface area contributed by atoms with Gasteiger partial charge in [0.1, 0.15) is 6.61 Å². The van der Waals surface area contributed by atoms with Crippen molar-refractivity contribution in [3.05, 3.63) is 23.3 Å². The molecule has 2 N–H and O–H groups in total. The van der Waals surface area contributed by atoms with Gasteiger partial charge in [-0.3, -0.25) is 0 Å². The zero-order valence-corrected chi connectivity index (χ0v) is 7.95. The molecule has 0 amide bonds. The molecule has 0 aliphatic carbocycles. The number of aryl methyl sites for hydroxylation is 1. The van der Waals surface area contributed by atoms with E-state index in [1.54, 1.807) is 0 Å². The van der Waals surface area contributed by atoms with Crippen LogP contribution < -0.4 is 15.2 Å². The highest BCUT2D eigenvalue weighted by Crippen LogP contribution is 2.43. The van der Waals surface area contributed by atoms with Gasteiger partial charge in [-0.2, -0.15) is 0 Å². The van der Waals surface area contributed by atoms with Crippen molar-refractivity contribution in [3.8, 4) is 11.5 Å². The fraction of sp³-hybridized carbons (Fsp3) is 0.455. The van der Waals surface area contributed by atoms with Crippen molar-refractivity contribution in [1.29, 1.82) is 0 Å². The molecule has 0 radical (unpaired) electrons. The van der Waals surface area contributed by atoms with Crippen LogP contribution in [0.3, 0.4) is 0 Å². The molecule has 3 nitrogen and oxygen atoms in total. The Morgan fingerprint density at radius 2 is 2.14 bits per heavy atom. The first-order valence-corrected chi connectivity index (χ1v) is 5.03. The van der Waals surface area contributed by atoms with E-state index in [1.807, 2.05) is 0 Å². The minimum Gasteiger partial charge on any atom is -0.489 e. The zero-order valence-electron chi connectivity index (χ0n) is 7.95. The molecule has 1 atom stereocenters. The first-order valence-electron chi connectivity index (χ1n) is 5.03. The predicted molar refractivity (Wildman–Crippen MR) is 52.7 cm³/mol. The average molecular weight is 191 g/mol. The SMILES string of the molecule is N[C@H]1COc2c1ccc1c2OCCC1. The van der Waals surface area contributed by atoms with Crippen LogP contribution in [-0.2, 0) is 6.42 Å². The molecule has 14 heavy (non-hydrogen) atoms. The monoisotopic (exact) mass is 191 g/mol. The van der Waals surface area contributed by atoms with Gasteiger partial charge in [-0.1, -0.05) is 12.1 Å². The average Bonchev–Trinajstić information content (AvgIpc) is 2.61. The third-order valence-corrected chi connectivity index (χ3v) is 2.87. The Hall–Kier alpha value is -1.22. The first-order chi connectivity index (χ1) is 6.86. The van der Waals surface area contributed by atoms with Crippen molar-refractivity contribution in [2.24, 2.45) is 5.73 Å². The standard InChI is InChI=1S/C11H13NO2/c12-9-6-14-11-8(9)4-3-7-2-1-5-13-10(7)11/h3-4,9H,1-2,5-6,12H2/t9-/m0/s1. The Kier molecular flexibility index (Phi) is 1.67. The molecule has 74 valence electrons. The highest BCUT2D eigenvalue weighted by molar-refractivity contribution is 5.55. The number of hydrogen-bond donors (Lipinski definition) is 1. The summed E-state index contributed by atoms with van der Waals surface area (Å²) in [4.78, 5) is 0. The summed E-state index contributed by atoms with van der Waals surface area (Å²) in [7, 11) is 0. The van der Waals surface area contributed by atoms with Gasteiger partial charge in [0.05, 0.1) is 12.6 Å².